The summed E-state index contributed by atoms with van der Waals surface area (Å²) in [7, 11) is -3.31. The van der Waals surface area contributed by atoms with E-state index in [2.05, 4.69) is 0 Å². The SMILES string of the molecule is CCN(CC)S(=O)(=O)/C=C/c1ccc(Cl)cc1. The minimum absolute atomic E-state index is 0.476. The van der Waals surface area contributed by atoms with Gasteiger partial charge in [-0.05, 0) is 23.8 Å². The Labute approximate surface area is 108 Å². The molecule has 0 bridgehead atoms. The maximum atomic E-state index is 11.8. The van der Waals surface area contributed by atoms with Crippen LogP contribution < -0.4 is 0 Å². The fraction of sp³-hybridized carbons (Fsp3) is 0.333. The molecule has 94 valence electrons. The average Bonchev–Trinajstić information content (AvgIpc) is 2.29. The van der Waals surface area contributed by atoms with Crippen LogP contribution in [0.1, 0.15) is 19.4 Å². The fourth-order valence-electron chi connectivity index (χ4n) is 1.41. The lowest BCUT2D eigenvalue weighted by atomic mass is 10.2. The molecule has 0 aliphatic carbocycles. The fourth-order valence-corrected chi connectivity index (χ4v) is 2.76. The molecule has 0 saturated carbocycles. The molecule has 0 amide bonds. The molecule has 0 aliphatic heterocycles. The van der Waals surface area contributed by atoms with E-state index in [9.17, 15) is 8.42 Å². The van der Waals surface area contributed by atoms with Gasteiger partial charge in [0, 0.05) is 23.5 Å². The van der Waals surface area contributed by atoms with E-state index in [1.54, 1.807) is 30.3 Å². The summed E-state index contributed by atoms with van der Waals surface area (Å²) in [4.78, 5) is 0. The number of sulfonamides is 1. The monoisotopic (exact) mass is 273 g/mol. The summed E-state index contributed by atoms with van der Waals surface area (Å²) in [5.41, 5.74) is 0.810. The van der Waals surface area contributed by atoms with Gasteiger partial charge in [0.2, 0.25) is 10.0 Å². The van der Waals surface area contributed by atoms with Gasteiger partial charge in [-0.2, -0.15) is 4.31 Å². The third-order valence-electron chi connectivity index (χ3n) is 2.37. The van der Waals surface area contributed by atoms with Crippen molar-refractivity contribution in [1.29, 1.82) is 0 Å². The molecule has 1 rings (SSSR count). The standard InChI is InChI=1S/C12H16ClNO2S/c1-3-14(4-2)17(15,16)10-9-11-5-7-12(13)8-6-11/h5-10H,3-4H2,1-2H3/b10-9+. The lowest BCUT2D eigenvalue weighted by molar-refractivity contribution is 0.453. The topological polar surface area (TPSA) is 37.4 Å². The molecule has 5 heteroatoms. The lowest BCUT2D eigenvalue weighted by Gasteiger charge is -2.15. The van der Waals surface area contributed by atoms with Crippen LogP contribution in [0.3, 0.4) is 0 Å². The highest BCUT2D eigenvalue weighted by atomic mass is 35.5. The number of rotatable bonds is 5. The Morgan fingerprint density at radius 1 is 1.18 bits per heavy atom. The van der Waals surface area contributed by atoms with Crippen molar-refractivity contribution in [2.45, 2.75) is 13.8 Å². The molecule has 0 N–H and O–H groups in total. The Kier molecular flexibility index (Phi) is 5.18. The first kappa shape index (κ1) is 14.2. The molecule has 1 aromatic rings. The maximum Gasteiger partial charge on any atom is 0.236 e. The molecule has 0 radical (unpaired) electrons. The summed E-state index contributed by atoms with van der Waals surface area (Å²) in [5, 5.41) is 1.86. The zero-order valence-corrected chi connectivity index (χ0v) is 11.5. The molecule has 0 saturated heterocycles. The van der Waals surface area contributed by atoms with Crippen molar-refractivity contribution in [1.82, 2.24) is 4.31 Å². The van der Waals surface area contributed by atoms with Crippen molar-refractivity contribution in [3.05, 3.63) is 40.3 Å². The molecule has 3 nitrogen and oxygen atoms in total. The Bertz CT molecular complexity index is 476. The molecule has 0 spiro atoms. The lowest BCUT2D eigenvalue weighted by Crippen LogP contribution is -2.28. The van der Waals surface area contributed by atoms with Crippen LogP contribution in [-0.2, 0) is 10.0 Å². The predicted molar refractivity (Wildman–Crippen MR) is 72.3 cm³/mol. The van der Waals surface area contributed by atoms with Gasteiger partial charge in [0.1, 0.15) is 0 Å². The van der Waals surface area contributed by atoms with E-state index in [0.717, 1.165) is 5.56 Å². The highest BCUT2D eigenvalue weighted by Crippen LogP contribution is 2.12. The molecule has 0 fully saturated rings. The van der Waals surface area contributed by atoms with Crippen LogP contribution in [0.2, 0.25) is 5.02 Å². The smallest absolute Gasteiger partial charge is 0.208 e. The van der Waals surface area contributed by atoms with Crippen LogP contribution in [0.5, 0.6) is 0 Å². The zero-order valence-electron chi connectivity index (χ0n) is 9.93. The van der Waals surface area contributed by atoms with Gasteiger partial charge >= 0.3 is 0 Å². The summed E-state index contributed by atoms with van der Waals surface area (Å²) >= 11 is 5.75. The third kappa shape index (κ3) is 4.15. The van der Waals surface area contributed by atoms with Crippen LogP contribution in [0.15, 0.2) is 29.7 Å². The second-order valence-electron chi connectivity index (χ2n) is 3.48. The van der Waals surface area contributed by atoms with Crippen molar-refractivity contribution in [2.24, 2.45) is 0 Å². The molecule has 0 aromatic heterocycles. The molecule has 0 atom stereocenters. The quantitative estimate of drug-likeness (QED) is 0.827. The van der Waals surface area contributed by atoms with Crippen molar-refractivity contribution >= 4 is 27.7 Å². The van der Waals surface area contributed by atoms with Crippen molar-refractivity contribution in [3.63, 3.8) is 0 Å². The van der Waals surface area contributed by atoms with Gasteiger partial charge in [-0.1, -0.05) is 37.6 Å². The van der Waals surface area contributed by atoms with E-state index in [4.69, 9.17) is 11.6 Å². The van der Waals surface area contributed by atoms with Crippen LogP contribution in [0.25, 0.3) is 6.08 Å². The number of nitrogens with zero attached hydrogens (tertiary/aromatic N) is 1. The van der Waals surface area contributed by atoms with Crippen LogP contribution in [-0.4, -0.2) is 25.8 Å². The Balaban J connectivity index is 2.87. The van der Waals surface area contributed by atoms with Gasteiger partial charge in [0.15, 0.2) is 0 Å². The van der Waals surface area contributed by atoms with Gasteiger partial charge in [-0.15, -0.1) is 0 Å². The van der Waals surface area contributed by atoms with E-state index in [1.807, 2.05) is 13.8 Å². The van der Waals surface area contributed by atoms with E-state index in [-0.39, 0.29) is 0 Å². The van der Waals surface area contributed by atoms with Crippen molar-refractivity contribution < 1.29 is 8.42 Å². The summed E-state index contributed by atoms with van der Waals surface area (Å²) in [6, 6.07) is 7.00. The van der Waals surface area contributed by atoms with Gasteiger partial charge in [0.25, 0.3) is 0 Å². The minimum atomic E-state index is -3.31. The van der Waals surface area contributed by atoms with E-state index < -0.39 is 10.0 Å². The molecule has 0 heterocycles. The van der Waals surface area contributed by atoms with Gasteiger partial charge < -0.3 is 0 Å². The van der Waals surface area contributed by atoms with Gasteiger partial charge in [0.05, 0.1) is 0 Å². The first-order valence-electron chi connectivity index (χ1n) is 5.43. The predicted octanol–water partition coefficient (Wildman–Crippen LogP) is 2.98. The number of halogens is 1. The summed E-state index contributed by atoms with van der Waals surface area (Å²) in [6.07, 6.45) is 1.57. The van der Waals surface area contributed by atoms with E-state index in [1.165, 1.54) is 9.71 Å². The largest absolute Gasteiger partial charge is 0.236 e. The highest BCUT2D eigenvalue weighted by Gasteiger charge is 2.14. The van der Waals surface area contributed by atoms with Gasteiger partial charge in [-0.3, -0.25) is 0 Å². The Morgan fingerprint density at radius 3 is 2.18 bits per heavy atom. The Morgan fingerprint density at radius 2 is 1.71 bits per heavy atom. The van der Waals surface area contributed by atoms with Crippen molar-refractivity contribution in [2.75, 3.05) is 13.1 Å². The second kappa shape index (κ2) is 6.19. The first-order valence-corrected chi connectivity index (χ1v) is 7.31. The second-order valence-corrected chi connectivity index (χ2v) is 5.74. The van der Waals surface area contributed by atoms with Crippen LogP contribution >= 0.6 is 11.6 Å². The number of benzene rings is 1. The average molecular weight is 274 g/mol. The molecule has 1 aromatic carbocycles. The van der Waals surface area contributed by atoms with Crippen LogP contribution in [0.4, 0.5) is 0 Å². The molecule has 0 unspecified atom stereocenters. The molecule has 0 aliphatic rings. The third-order valence-corrected chi connectivity index (χ3v) is 4.34. The van der Waals surface area contributed by atoms with Crippen LogP contribution in [0, 0.1) is 0 Å². The molecule has 17 heavy (non-hydrogen) atoms. The highest BCUT2D eigenvalue weighted by molar-refractivity contribution is 7.92. The summed E-state index contributed by atoms with van der Waals surface area (Å²) < 4.78 is 25.1. The van der Waals surface area contributed by atoms with E-state index in [0.29, 0.717) is 18.1 Å². The summed E-state index contributed by atoms with van der Waals surface area (Å²) in [5.74, 6) is 0. The number of hydrogen-bond donors (Lipinski definition) is 0. The first-order chi connectivity index (χ1) is 7.99. The Hall–Kier alpha value is -0.840. The van der Waals surface area contributed by atoms with E-state index >= 15 is 0 Å². The normalized spacial score (nSPS) is 12.5. The molecular weight excluding hydrogens is 258 g/mol. The van der Waals surface area contributed by atoms with Gasteiger partial charge in [-0.25, -0.2) is 8.42 Å². The molecular formula is C12H16ClNO2S. The zero-order chi connectivity index (χ0) is 12.9. The maximum absolute atomic E-state index is 11.8. The van der Waals surface area contributed by atoms with Crippen molar-refractivity contribution in [3.8, 4) is 0 Å². The number of hydrogen-bond acceptors (Lipinski definition) is 2. The summed E-state index contributed by atoms with van der Waals surface area (Å²) in [6.45, 7) is 4.59. The minimum Gasteiger partial charge on any atom is -0.208 e.